The second-order valence-corrected chi connectivity index (χ2v) is 8.28. The molecule has 0 spiro atoms. The Bertz CT molecular complexity index is 1080. The van der Waals surface area contributed by atoms with Gasteiger partial charge in [0.25, 0.3) is 0 Å². The summed E-state index contributed by atoms with van der Waals surface area (Å²) in [4.78, 5) is 0.107. The molecule has 0 aliphatic carbocycles. The van der Waals surface area contributed by atoms with Crippen LogP contribution in [0.15, 0.2) is 71.6 Å². The maximum Gasteiger partial charge on any atom is 0.339 e. The van der Waals surface area contributed by atoms with E-state index in [1.807, 2.05) is 51.1 Å². The Morgan fingerprint density at radius 3 is 2.31 bits per heavy atom. The molecular formula is C23H25NO4S. The number of hydrogen-bond donors (Lipinski definition) is 1. The molecule has 0 saturated heterocycles. The lowest BCUT2D eigenvalue weighted by atomic mass is 10.1. The van der Waals surface area contributed by atoms with Crippen LogP contribution in [-0.2, 0) is 16.7 Å². The number of rotatable bonds is 8. The third-order valence-corrected chi connectivity index (χ3v) is 5.69. The lowest BCUT2D eigenvalue weighted by Crippen LogP contribution is -2.11. The molecule has 29 heavy (non-hydrogen) atoms. The molecule has 6 heteroatoms. The summed E-state index contributed by atoms with van der Waals surface area (Å²) in [5.74, 6) is 0.569. The van der Waals surface area contributed by atoms with Crippen molar-refractivity contribution >= 4 is 15.8 Å². The second-order valence-electron chi connectivity index (χ2n) is 6.73. The van der Waals surface area contributed by atoms with Crippen molar-refractivity contribution in [3.8, 4) is 11.5 Å². The maximum absolute atomic E-state index is 12.6. The van der Waals surface area contributed by atoms with E-state index < -0.39 is 10.1 Å². The molecule has 0 aromatic heterocycles. The first-order valence-corrected chi connectivity index (χ1v) is 10.9. The van der Waals surface area contributed by atoms with Crippen LogP contribution in [0.4, 0.5) is 5.69 Å². The first kappa shape index (κ1) is 20.7. The van der Waals surface area contributed by atoms with Crippen molar-refractivity contribution in [2.75, 3.05) is 11.9 Å². The quantitative estimate of drug-likeness (QED) is 0.524. The van der Waals surface area contributed by atoms with Crippen molar-refractivity contribution in [2.24, 2.45) is 0 Å². The van der Waals surface area contributed by atoms with Gasteiger partial charge in [0, 0.05) is 12.2 Å². The Balaban J connectivity index is 1.80. The number of aryl methyl sites for hydroxylation is 2. The number of nitrogens with one attached hydrogen (secondary N) is 1. The van der Waals surface area contributed by atoms with Crippen molar-refractivity contribution in [1.82, 2.24) is 0 Å². The largest absolute Gasteiger partial charge is 0.490 e. The Labute approximate surface area is 172 Å². The molecule has 5 nitrogen and oxygen atoms in total. The minimum Gasteiger partial charge on any atom is -0.490 e. The van der Waals surface area contributed by atoms with Crippen LogP contribution in [0.5, 0.6) is 11.5 Å². The van der Waals surface area contributed by atoms with Crippen LogP contribution in [0.1, 0.15) is 23.6 Å². The van der Waals surface area contributed by atoms with E-state index in [9.17, 15) is 8.42 Å². The van der Waals surface area contributed by atoms with Gasteiger partial charge >= 0.3 is 10.1 Å². The summed E-state index contributed by atoms with van der Waals surface area (Å²) in [6.45, 7) is 6.76. The van der Waals surface area contributed by atoms with E-state index >= 15 is 0 Å². The number of para-hydroxylation sites is 1. The molecule has 0 bridgehead atoms. The highest BCUT2D eigenvalue weighted by molar-refractivity contribution is 7.87. The van der Waals surface area contributed by atoms with Crippen LogP contribution in [0.25, 0.3) is 0 Å². The Kier molecular flexibility index (Phi) is 6.44. The molecule has 0 aliphatic rings. The number of ether oxygens (including phenoxy) is 1. The molecular weight excluding hydrogens is 386 g/mol. The van der Waals surface area contributed by atoms with Gasteiger partial charge < -0.3 is 14.2 Å². The molecule has 3 aromatic rings. The Hall–Kier alpha value is -2.99. The average molecular weight is 412 g/mol. The summed E-state index contributed by atoms with van der Waals surface area (Å²) in [6, 6.07) is 19.8. The van der Waals surface area contributed by atoms with E-state index in [0.29, 0.717) is 18.9 Å². The van der Waals surface area contributed by atoms with Gasteiger partial charge in [0.05, 0.1) is 6.61 Å². The van der Waals surface area contributed by atoms with Crippen LogP contribution >= 0.6 is 0 Å². The van der Waals surface area contributed by atoms with Crippen molar-refractivity contribution in [3.63, 3.8) is 0 Å². The predicted molar refractivity (Wildman–Crippen MR) is 115 cm³/mol. The van der Waals surface area contributed by atoms with Gasteiger partial charge in [-0.2, -0.15) is 8.42 Å². The smallest absolute Gasteiger partial charge is 0.339 e. The van der Waals surface area contributed by atoms with Crippen LogP contribution < -0.4 is 14.2 Å². The van der Waals surface area contributed by atoms with E-state index in [1.165, 1.54) is 12.1 Å². The van der Waals surface area contributed by atoms with Gasteiger partial charge in [0.1, 0.15) is 4.90 Å². The summed E-state index contributed by atoms with van der Waals surface area (Å²) in [5, 5.41) is 3.38. The second kappa shape index (κ2) is 9.01. The van der Waals surface area contributed by atoms with Gasteiger partial charge in [-0.25, -0.2) is 0 Å². The molecule has 1 N–H and O–H groups in total. The van der Waals surface area contributed by atoms with E-state index in [-0.39, 0.29) is 10.6 Å². The predicted octanol–water partition coefficient (Wildman–Crippen LogP) is 5.08. The van der Waals surface area contributed by atoms with Gasteiger partial charge in [-0.05, 0) is 62.2 Å². The number of anilines is 1. The molecule has 0 saturated carbocycles. The maximum atomic E-state index is 12.6. The van der Waals surface area contributed by atoms with Crippen molar-refractivity contribution in [3.05, 3.63) is 83.4 Å². The third kappa shape index (κ3) is 5.29. The average Bonchev–Trinajstić information content (AvgIpc) is 2.69. The van der Waals surface area contributed by atoms with Gasteiger partial charge in [-0.3, -0.25) is 0 Å². The normalized spacial score (nSPS) is 11.1. The molecule has 0 radical (unpaired) electrons. The van der Waals surface area contributed by atoms with E-state index in [1.54, 1.807) is 24.3 Å². The van der Waals surface area contributed by atoms with E-state index in [2.05, 4.69) is 5.32 Å². The van der Waals surface area contributed by atoms with Gasteiger partial charge in [-0.15, -0.1) is 0 Å². The molecule has 0 atom stereocenters. The molecule has 3 rings (SSSR count). The highest BCUT2D eigenvalue weighted by Crippen LogP contribution is 2.31. The minimum absolute atomic E-state index is 0.107. The molecule has 0 heterocycles. The lowest BCUT2D eigenvalue weighted by molar-refractivity contribution is 0.327. The highest BCUT2D eigenvalue weighted by Gasteiger charge is 2.19. The van der Waals surface area contributed by atoms with Crippen LogP contribution in [0, 0.1) is 13.8 Å². The van der Waals surface area contributed by atoms with E-state index in [4.69, 9.17) is 8.92 Å². The first-order valence-electron chi connectivity index (χ1n) is 9.45. The van der Waals surface area contributed by atoms with Gasteiger partial charge in [0.2, 0.25) is 0 Å². The fourth-order valence-corrected chi connectivity index (χ4v) is 3.78. The van der Waals surface area contributed by atoms with Crippen molar-refractivity contribution < 1.29 is 17.3 Å². The summed E-state index contributed by atoms with van der Waals surface area (Å²) in [5.41, 5.74) is 4.13. The zero-order valence-electron chi connectivity index (χ0n) is 16.8. The van der Waals surface area contributed by atoms with Crippen molar-refractivity contribution in [1.29, 1.82) is 0 Å². The molecule has 3 aromatic carbocycles. The fraction of sp³-hybridized carbons (Fsp3) is 0.217. The Morgan fingerprint density at radius 1 is 0.897 bits per heavy atom. The lowest BCUT2D eigenvalue weighted by Gasteiger charge is -2.14. The zero-order valence-corrected chi connectivity index (χ0v) is 17.6. The molecule has 0 unspecified atom stereocenters. The summed E-state index contributed by atoms with van der Waals surface area (Å²) < 4.78 is 36.2. The fourth-order valence-electron chi connectivity index (χ4n) is 2.84. The monoisotopic (exact) mass is 411 g/mol. The molecule has 0 amide bonds. The molecule has 152 valence electrons. The van der Waals surface area contributed by atoms with Gasteiger partial charge in [0.15, 0.2) is 11.5 Å². The third-order valence-electron chi connectivity index (χ3n) is 4.45. The summed E-state index contributed by atoms with van der Waals surface area (Å²) in [6.07, 6.45) is 0. The van der Waals surface area contributed by atoms with E-state index in [0.717, 1.165) is 22.4 Å². The highest BCUT2D eigenvalue weighted by atomic mass is 32.2. The zero-order chi connectivity index (χ0) is 20.9. The summed E-state index contributed by atoms with van der Waals surface area (Å²) in [7, 11) is -3.94. The molecule has 0 fully saturated rings. The van der Waals surface area contributed by atoms with Crippen LogP contribution in [-0.4, -0.2) is 15.0 Å². The summed E-state index contributed by atoms with van der Waals surface area (Å²) >= 11 is 0. The van der Waals surface area contributed by atoms with Crippen molar-refractivity contribution in [2.45, 2.75) is 32.2 Å². The topological polar surface area (TPSA) is 64.6 Å². The van der Waals surface area contributed by atoms with Crippen LogP contribution in [0.3, 0.4) is 0 Å². The Morgan fingerprint density at radius 2 is 1.62 bits per heavy atom. The van der Waals surface area contributed by atoms with Gasteiger partial charge in [-0.1, -0.05) is 42.0 Å². The SMILES string of the molecule is CCOc1cc(CNc2ccccc2C)ccc1OS(=O)(=O)c1ccc(C)cc1. The number of hydrogen-bond acceptors (Lipinski definition) is 5. The minimum atomic E-state index is -3.94. The van der Waals surface area contributed by atoms with Crippen LogP contribution in [0.2, 0.25) is 0 Å². The first-order chi connectivity index (χ1) is 13.9. The molecule has 0 aliphatic heterocycles. The number of benzene rings is 3. The standard InChI is InChI=1S/C23H25NO4S/c1-4-27-23-15-19(16-24-21-8-6-5-7-18(21)3)11-14-22(23)28-29(25,26)20-12-9-17(2)10-13-20/h5-15,24H,4,16H2,1-3H3.